The molecule has 0 aromatic heterocycles. The largest absolute Gasteiger partial charge is 0.269 e. The lowest BCUT2D eigenvalue weighted by molar-refractivity contribution is 1.53. The number of hydrogen-bond acceptors (Lipinski definition) is 4. The first-order chi connectivity index (χ1) is 7.91. The molecule has 3 unspecified atom stereocenters. The molecule has 0 aliphatic heterocycles. The molecule has 3 radical (unpaired) electrons. The molecule has 0 fully saturated rings. The van der Waals surface area contributed by atoms with Crippen LogP contribution < -0.4 is 0 Å². The smallest absolute Gasteiger partial charge is 0.202 e. The monoisotopic (exact) mass is 343 g/mol. The van der Waals surface area contributed by atoms with Gasteiger partial charge in [0.1, 0.15) is 0 Å². The average molecular weight is 343 g/mol. The van der Waals surface area contributed by atoms with Crippen molar-refractivity contribution in [3.05, 3.63) is 0 Å². The maximum atomic E-state index is 2.43. The molecule has 3 atom stereocenters. The van der Waals surface area contributed by atoms with Crippen LogP contribution in [0.3, 0.4) is 0 Å². The first kappa shape index (κ1) is 18.9. The summed E-state index contributed by atoms with van der Waals surface area (Å²) < 4.78 is 0. The second kappa shape index (κ2) is 17.9. The van der Waals surface area contributed by atoms with E-state index in [1.807, 2.05) is 46.6 Å². The maximum Gasteiger partial charge on any atom is 0.269 e. The first-order valence-electron chi connectivity index (χ1n) is 4.93. The molecule has 0 saturated heterocycles. The molecule has 0 aromatic carbocycles. The van der Waals surface area contributed by atoms with Crippen LogP contribution in [-0.4, -0.2) is 47.3 Å². The molecule has 89 valence electrons. The molecule has 0 amide bonds. The molecule has 0 saturated carbocycles. The van der Waals surface area contributed by atoms with E-state index in [1.54, 1.807) is 0 Å². The molecule has 0 aromatic rings. The van der Waals surface area contributed by atoms with Crippen LogP contribution in [0.15, 0.2) is 0 Å². The Kier molecular flexibility index (Phi) is 21.1. The van der Waals surface area contributed by atoms with Crippen molar-refractivity contribution in [2.75, 3.05) is 28.5 Å². The first-order valence-corrected chi connectivity index (χ1v) is 13.4. The fourth-order valence-electron chi connectivity index (χ4n) is 0.621. The van der Waals surface area contributed by atoms with Gasteiger partial charge < -0.3 is 0 Å². The van der Waals surface area contributed by atoms with E-state index >= 15 is 0 Å². The summed E-state index contributed by atoms with van der Waals surface area (Å²) in [7, 11) is 3.14. The van der Waals surface area contributed by atoms with Crippen molar-refractivity contribution in [3.63, 3.8) is 0 Å². The van der Waals surface area contributed by atoms with Gasteiger partial charge in [0.05, 0.1) is 0 Å². The van der Waals surface area contributed by atoms with Gasteiger partial charge in [-0.1, -0.05) is 13.6 Å². The van der Waals surface area contributed by atoms with Gasteiger partial charge in [0.25, 0.3) is 5.84 Å². The fourth-order valence-corrected chi connectivity index (χ4v) is 8.87. The highest BCUT2D eigenvalue weighted by molar-refractivity contribution is 8.56. The van der Waals surface area contributed by atoms with Crippen molar-refractivity contribution in [1.29, 1.82) is 0 Å². The van der Waals surface area contributed by atoms with Crippen LogP contribution in [-0.2, 0) is 0 Å². The predicted octanol–water partition coefficient (Wildman–Crippen LogP) is 4.08. The molecule has 0 bridgehead atoms. The van der Waals surface area contributed by atoms with Gasteiger partial charge in [0, 0.05) is 10.2 Å². The van der Waals surface area contributed by atoms with Crippen LogP contribution in [0.25, 0.3) is 0 Å². The van der Waals surface area contributed by atoms with Crippen molar-refractivity contribution in [2.24, 2.45) is 0 Å². The van der Waals surface area contributed by atoms with Gasteiger partial charge in [-0.2, -0.15) is 51.9 Å². The number of hydrogen-bond donors (Lipinski definition) is 0. The molecular formula is C6H17B3P3S4. The van der Waals surface area contributed by atoms with E-state index in [4.69, 9.17) is 0 Å². The highest BCUT2D eigenvalue weighted by Crippen LogP contribution is 2.28. The summed E-state index contributed by atoms with van der Waals surface area (Å²) in [5, 5.41) is 2.38. The Morgan fingerprint density at radius 3 is 2.62 bits per heavy atom. The van der Waals surface area contributed by atoms with Crippen LogP contribution in [0, 0.1) is 0 Å². The lowest BCUT2D eigenvalue weighted by atomic mass is 10.7. The summed E-state index contributed by atoms with van der Waals surface area (Å²) in [6, 6.07) is 0. The van der Waals surface area contributed by atoms with E-state index in [0.29, 0.717) is 0 Å². The van der Waals surface area contributed by atoms with E-state index in [-0.39, 0.29) is 0 Å². The Labute approximate surface area is 125 Å². The topological polar surface area (TPSA) is 0 Å². The lowest BCUT2D eigenvalue weighted by Crippen LogP contribution is -1.83. The lowest BCUT2D eigenvalue weighted by Gasteiger charge is -2.01. The van der Waals surface area contributed by atoms with Gasteiger partial charge in [-0.3, -0.25) is 0 Å². The van der Waals surface area contributed by atoms with Crippen molar-refractivity contribution >= 4 is 90.8 Å². The standard InChI is InChI=1S/C6H17B3P3S4/c1-3-13-5-15-9-16-6-14-8-12-4-11-7-10-2/h10-12H,3-6H2,1-2H3. The number of rotatable bonds is 13. The minimum atomic E-state index is 1.03. The molecule has 16 heavy (non-hydrogen) atoms. The summed E-state index contributed by atoms with van der Waals surface area (Å²) in [4.78, 5) is 0. The minimum absolute atomic E-state index is 1.03. The van der Waals surface area contributed by atoms with Crippen LogP contribution in [0.2, 0.25) is 0 Å². The Balaban J connectivity index is 2.83. The summed E-state index contributed by atoms with van der Waals surface area (Å²) in [5.41, 5.74) is 0. The SMILES string of the molecule is CCSCS[B]SCS[B]PCP[B]PC. The van der Waals surface area contributed by atoms with E-state index in [2.05, 4.69) is 32.4 Å². The summed E-state index contributed by atoms with van der Waals surface area (Å²) in [5.74, 6) is 4.88. The average Bonchev–Trinajstić information content (AvgIpc) is 2.31. The Hall–Kier alpha value is 2.88. The zero-order chi connectivity index (χ0) is 11.9. The highest BCUT2D eigenvalue weighted by Gasteiger charge is 1.95. The third kappa shape index (κ3) is 16.9. The van der Waals surface area contributed by atoms with Crippen LogP contribution >= 0.6 is 72.0 Å². The van der Waals surface area contributed by atoms with Gasteiger partial charge in [-0.05, 0) is 11.7 Å². The predicted molar refractivity (Wildman–Crippen MR) is 104 cm³/mol. The Morgan fingerprint density at radius 2 is 1.88 bits per heavy atom. The molecule has 0 spiro atoms. The Bertz CT molecular complexity index is 124. The second-order valence-electron chi connectivity index (χ2n) is 2.46. The molecule has 10 heteroatoms. The zero-order valence-corrected chi connectivity index (χ0v) is 16.0. The van der Waals surface area contributed by atoms with E-state index in [9.17, 15) is 0 Å². The number of thioether (sulfide) groups is 1. The fraction of sp³-hybridized carbons (Fsp3) is 1.00. The zero-order valence-electron chi connectivity index (χ0n) is 9.69. The van der Waals surface area contributed by atoms with E-state index in [0.717, 1.165) is 25.4 Å². The van der Waals surface area contributed by atoms with Crippen molar-refractivity contribution in [1.82, 2.24) is 0 Å². The minimum Gasteiger partial charge on any atom is -0.202 e. The molecule has 0 heterocycles. The van der Waals surface area contributed by atoms with E-state index in [1.165, 1.54) is 21.8 Å². The second-order valence-corrected chi connectivity index (χ2v) is 12.0. The van der Waals surface area contributed by atoms with Crippen LogP contribution in [0.4, 0.5) is 0 Å². The van der Waals surface area contributed by atoms with Gasteiger partial charge >= 0.3 is 0 Å². The molecular weight excluding hydrogens is 326 g/mol. The van der Waals surface area contributed by atoms with Crippen LogP contribution in [0.5, 0.6) is 0 Å². The van der Waals surface area contributed by atoms with Gasteiger partial charge in [0.15, 0.2) is 6.72 Å². The van der Waals surface area contributed by atoms with Crippen molar-refractivity contribution in [3.8, 4) is 0 Å². The summed E-state index contributed by atoms with van der Waals surface area (Å²) in [6.45, 7) is 6.88. The summed E-state index contributed by atoms with van der Waals surface area (Å²) in [6.07, 6.45) is 2.39. The molecule has 0 rings (SSSR count). The van der Waals surface area contributed by atoms with Crippen molar-refractivity contribution < 1.29 is 0 Å². The van der Waals surface area contributed by atoms with Gasteiger partial charge in [-0.25, -0.2) is 11.6 Å². The maximum absolute atomic E-state index is 2.43. The third-order valence-corrected chi connectivity index (χ3v) is 9.98. The molecule has 0 aliphatic rings. The van der Waals surface area contributed by atoms with E-state index < -0.39 is 0 Å². The summed E-state index contributed by atoms with van der Waals surface area (Å²) >= 11 is 7.81. The van der Waals surface area contributed by atoms with Gasteiger partial charge in [-0.15, -0.1) is 8.46 Å². The normalized spacial score (nSPS) is 12.4. The highest BCUT2D eigenvalue weighted by atomic mass is 32.2. The quantitative estimate of drug-likeness (QED) is 0.214. The van der Waals surface area contributed by atoms with Crippen molar-refractivity contribution in [2.45, 2.75) is 6.92 Å². The van der Waals surface area contributed by atoms with Gasteiger partial charge in [0.2, 0.25) is 6.28 Å². The third-order valence-electron chi connectivity index (χ3n) is 1.24. The Morgan fingerprint density at radius 1 is 1.06 bits per heavy atom. The molecule has 0 aliphatic carbocycles. The van der Waals surface area contributed by atoms with Crippen LogP contribution in [0.1, 0.15) is 6.92 Å². The molecule has 0 nitrogen and oxygen atoms in total. The molecule has 0 N–H and O–H groups in total.